The Morgan fingerprint density at radius 1 is 1.29 bits per heavy atom. The minimum Gasteiger partial charge on any atom is -0.441 e. The van der Waals surface area contributed by atoms with E-state index in [0.29, 0.717) is 25.3 Å². The molecule has 1 amide bonds. The monoisotopic (exact) mass is 371 g/mol. The quantitative estimate of drug-likeness (QED) is 0.895. The Morgan fingerprint density at radius 2 is 2.04 bits per heavy atom. The first-order valence-corrected chi connectivity index (χ1v) is 7.76. The summed E-state index contributed by atoms with van der Waals surface area (Å²) in [6.07, 6.45) is 4.65. The van der Waals surface area contributed by atoms with Crippen LogP contribution in [0.4, 0.5) is 0 Å². The second-order valence-electron chi connectivity index (χ2n) is 5.73. The molecule has 2 aromatic rings. The van der Waals surface area contributed by atoms with E-state index >= 15 is 0 Å². The number of halogens is 2. The molecule has 7 heteroatoms. The van der Waals surface area contributed by atoms with Crippen molar-refractivity contribution in [2.24, 2.45) is 5.73 Å². The summed E-state index contributed by atoms with van der Waals surface area (Å²) in [5, 5.41) is 0. The van der Waals surface area contributed by atoms with Gasteiger partial charge in [0.15, 0.2) is 11.7 Å². The molecule has 0 aliphatic carbocycles. The zero-order valence-electron chi connectivity index (χ0n) is 13.4. The first-order valence-electron chi connectivity index (χ1n) is 7.76. The Balaban J connectivity index is 0.00000144. The number of nitrogens with zero attached hydrogens (tertiary/aromatic N) is 2. The third-order valence-electron chi connectivity index (χ3n) is 3.98. The normalized spacial score (nSPS) is 16.9. The molecule has 1 unspecified atom stereocenters. The Kier molecular flexibility index (Phi) is 8.25. The second-order valence-corrected chi connectivity index (χ2v) is 5.73. The number of hydrogen-bond acceptors (Lipinski definition) is 4. The number of aromatic nitrogens is 1. The van der Waals surface area contributed by atoms with Crippen molar-refractivity contribution in [1.29, 1.82) is 0 Å². The number of oxazole rings is 1. The van der Waals surface area contributed by atoms with Gasteiger partial charge in [-0.15, -0.1) is 24.8 Å². The summed E-state index contributed by atoms with van der Waals surface area (Å²) < 4.78 is 5.72. The average Bonchev–Trinajstić information content (AvgIpc) is 3.02. The number of carbonyl (C=O) groups excluding carboxylic acids is 1. The van der Waals surface area contributed by atoms with E-state index in [0.717, 1.165) is 30.7 Å². The summed E-state index contributed by atoms with van der Waals surface area (Å²) >= 11 is 0. The van der Waals surface area contributed by atoms with Gasteiger partial charge in [-0.25, -0.2) is 4.98 Å². The summed E-state index contributed by atoms with van der Waals surface area (Å²) in [5.74, 6) is 1.48. The maximum absolute atomic E-state index is 12.2. The summed E-state index contributed by atoms with van der Waals surface area (Å²) in [7, 11) is 0. The second kappa shape index (κ2) is 9.67. The van der Waals surface area contributed by atoms with Gasteiger partial charge >= 0.3 is 0 Å². The molecule has 0 spiro atoms. The highest BCUT2D eigenvalue weighted by Gasteiger charge is 2.21. The number of piperidine rings is 1. The smallest absolute Gasteiger partial charge is 0.223 e. The topological polar surface area (TPSA) is 72.4 Å². The van der Waals surface area contributed by atoms with Gasteiger partial charge in [0, 0.05) is 37.5 Å². The van der Waals surface area contributed by atoms with Crippen LogP contribution in [0.5, 0.6) is 0 Å². The Labute approximate surface area is 154 Å². The Hall–Kier alpha value is -1.56. The highest BCUT2D eigenvalue weighted by atomic mass is 35.5. The van der Waals surface area contributed by atoms with Crippen LogP contribution >= 0.6 is 24.8 Å². The van der Waals surface area contributed by atoms with E-state index in [1.807, 2.05) is 35.2 Å². The van der Waals surface area contributed by atoms with E-state index in [-0.39, 0.29) is 36.8 Å². The molecular weight excluding hydrogens is 349 g/mol. The van der Waals surface area contributed by atoms with Crippen molar-refractivity contribution in [2.45, 2.75) is 31.7 Å². The number of amides is 1. The SMILES string of the molecule is Cl.Cl.NC1CCCN(C(=O)CCc2ncc(-c3ccccc3)o2)C1. The average molecular weight is 372 g/mol. The van der Waals surface area contributed by atoms with Gasteiger partial charge in [-0.3, -0.25) is 4.79 Å². The first-order chi connectivity index (χ1) is 10.7. The summed E-state index contributed by atoms with van der Waals surface area (Å²) in [6, 6.07) is 9.95. The van der Waals surface area contributed by atoms with Crippen LogP contribution in [-0.2, 0) is 11.2 Å². The lowest BCUT2D eigenvalue weighted by Gasteiger charge is -2.30. The van der Waals surface area contributed by atoms with Gasteiger partial charge in [-0.2, -0.15) is 0 Å². The van der Waals surface area contributed by atoms with Gasteiger partial charge < -0.3 is 15.1 Å². The van der Waals surface area contributed by atoms with Crippen molar-refractivity contribution in [3.8, 4) is 11.3 Å². The lowest BCUT2D eigenvalue weighted by atomic mass is 10.1. The van der Waals surface area contributed by atoms with Crippen LogP contribution < -0.4 is 5.73 Å². The van der Waals surface area contributed by atoms with Crippen molar-refractivity contribution in [3.05, 3.63) is 42.4 Å². The van der Waals surface area contributed by atoms with E-state index in [1.165, 1.54) is 0 Å². The molecular formula is C17H23Cl2N3O2. The zero-order valence-corrected chi connectivity index (χ0v) is 15.0. The number of carbonyl (C=O) groups is 1. The molecule has 1 fully saturated rings. The summed E-state index contributed by atoms with van der Waals surface area (Å²) in [6.45, 7) is 1.48. The fourth-order valence-electron chi connectivity index (χ4n) is 2.77. The van der Waals surface area contributed by atoms with Crippen molar-refractivity contribution < 1.29 is 9.21 Å². The number of aryl methyl sites for hydroxylation is 1. The van der Waals surface area contributed by atoms with Gasteiger partial charge in [-0.1, -0.05) is 30.3 Å². The third-order valence-corrected chi connectivity index (χ3v) is 3.98. The predicted octanol–water partition coefficient (Wildman–Crippen LogP) is 3.07. The van der Waals surface area contributed by atoms with E-state index < -0.39 is 0 Å². The largest absolute Gasteiger partial charge is 0.441 e. The molecule has 2 N–H and O–H groups in total. The standard InChI is InChI=1S/C17H21N3O2.2ClH/c18-14-7-4-10-20(12-14)17(21)9-8-16-19-11-15(22-16)13-5-2-1-3-6-13;;/h1-3,5-6,11,14H,4,7-10,12,18H2;2*1H. The molecule has 24 heavy (non-hydrogen) atoms. The van der Waals surface area contributed by atoms with Crippen molar-refractivity contribution in [1.82, 2.24) is 9.88 Å². The third kappa shape index (κ3) is 5.23. The van der Waals surface area contributed by atoms with Crippen LogP contribution in [0, 0.1) is 0 Å². The number of likely N-dealkylation sites (tertiary alicyclic amines) is 1. The molecule has 1 aliphatic heterocycles. The van der Waals surface area contributed by atoms with Crippen LogP contribution in [0.3, 0.4) is 0 Å². The molecule has 3 rings (SSSR count). The van der Waals surface area contributed by atoms with Crippen LogP contribution in [0.25, 0.3) is 11.3 Å². The molecule has 1 saturated heterocycles. The molecule has 2 heterocycles. The molecule has 0 saturated carbocycles. The summed E-state index contributed by atoms with van der Waals surface area (Å²) in [5.41, 5.74) is 6.91. The van der Waals surface area contributed by atoms with Crippen molar-refractivity contribution in [3.63, 3.8) is 0 Å². The molecule has 5 nitrogen and oxygen atoms in total. The van der Waals surface area contributed by atoms with Crippen LogP contribution in [-0.4, -0.2) is 34.9 Å². The minimum atomic E-state index is 0. The number of benzene rings is 1. The maximum Gasteiger partial charge on any atom is 0.223 e. The first kappa shape index (κ1) is 20.5. The fraction of sp³-hybridized carbons (Fsp3) is 0.412. The van der Waals surface area contributed by atoms with Gasteiger partial charge in [0.2, 0.25) is 5.91 Å². The van der Waals surface area contributed by atoms with Crippen LogP contribution in [0.2, 0.25) is 0 Å². The number of hydrogen-bond donors (Lipinski definition) is 1. The summed E-state index contributed by atoms with van der Waals surface area (Å²) in [4.78, 5) is 18.3. The molecule has 1 aromatic carbocycles. The number of nitrogens with two attached hydrogens (primary N) is 1. The van der Waals surface area contributed by atoms with Crippen molar-refractivity contribution in [2.75, 3.05) is 13.1 Å². The molecule has 1 aromatic heterocycles. The molecule has 132 valence electrons. The van der Waals surface area contributed by atoms with Gasteiger partial charge in [0.25, 0.3) is 0 Å². The number of rotatable bonds is 4. The van der Waals surface area contributed by atoms with Gasteiger partial charge in [0.1, 0.15) is 0 Å². The molecule has 0 bridgehead atoms. The van der Waals surface area contributed by atoms with Gasteiger partial charge in [0.05, 0.1) is 6.20 Å². The Bertz CT molecular complexity index is 634. The highest BCUT2D eigenvalue weighted by molar-refractivity contribution is 5.85. The van der Waals surface area contributed by atoms with Crippen LogP contribution in [0.1, 0.15) is 25.2 Å². The Morgan fingerprint density at radius 3 is 2.75 bits per heavy atom. The highest BCUT2D eigenvalue weighted by Crippen LogP contribution is 2.20. The van der Waals surface area contributed by atoms with E-state index in [9.17, 15) is 4.79 Å². The van der Waals surface area contributed by atoms with E-state index in [1.54, 1.807) is 6.20 Å². The lowest BCUT2D eigenvalue weighted by Crippen LogP contribution is -2.45. The van der Waals surface area contributed by atoms with Gasteiger partial charge in [-0.05, 0) is 12.8 Å². The molecule has 1 aliphatic rings. The molecule has 0 radical (unpaired) electrons. The minimum absolute atomic E-state index is 0. The molecule has 1 atom stereocenters. The lowest BCUT2D eigenvalue weighted by molar-refractivity contribution is -0.132. The predicted molar refractivity (Wildman–Crippen MR) is 98.5 cm³/mol. The fourth-order valence-corrected chi connectivity index (χ4v) is 2.77. The van der Waals surface area contributed by atoms with E-state index in [4.69, 9.17) is 10.2 Å². The maximum atomic E-state index is 12.2. The van der Waals surface area contributed by atoms with E-state index in [2.05, 4.69) is 4.98 Å². The van der Waals surface area contributed by atoms with Crippen molar-refractivity contribution >= 4 is 30.7 Å². The van der Waals surface area contributed by atoms with Crippen LogP contribution in [0.15, 0.2) is 40.9 Å². The zero-order chi connectivity index (χ0) is 15.4.